The largest absolute Gasteiger partial charge is 0.392 e. The van der Waals surface area contributed by atoms with Crippen LogP contribution in [-0.2, 0) is 6.61 Å². The predicted octanol–water partition coefficient (Wildman–Crippen LogP) is 4.54. The lowest BCUT2D eigenvalue weighted by atomic mass is 10.1. The van der Waals surface area contributed by atoms with Crippen LogP contribution in [0.25, 0.3) is 23.1 Å². The molecule has 0 atom stereocenters. The first kappa shape index (κ1) is 18.4. The van der Waals surface area contributed by atoms with E-state index in [0.29, 0.717) is 11.3 Å². The molecule has 4 aromatic rings. The van der Waals surface area contributed by atoms with Crippen molar-refractivity contribution in [3.05, 3.63) is 83.1 Å². The topological polar surface area (TPSA) is 97.6 Å². The molecule has 0 saturated heterocycles. The monoisotopic (exact) mass is 381 g/mol. The minimum absolute atomic E-state index is 0.0377. The molecule has 3 aromatic heterocycles. The molecule has 142 valence electrons. The van der Waals surface area contributed by atoms with E-state index in [4.69, 9.17) is 5.11 Å². The number of nitrogens with zero attached hydrogens (tertiary/aromatic N) is 3. The number of aromatic amines is 1. The van der Waals surface area contributed by atoms with Gasteiger partial charge in [0.05, 0.1) is 23.6 Å². The van der Waals surface area contributed by atoms with E-state index in [2.05, 4.69) is 26.3 Å². The zero-order valence-corrected chi connectivity index (χ0v) is 15.8. The van der Waals surface area contributed by atoms with Crippen LogP contribution in [0.1, 0.15) is 27.9 Å². The van der Waals surface area contributed by atoms with Crippen LogP contribution in [0.5, 0.6) is 0 Å². The normalized spacial score (nSPS) is 11.1. The molecule has 6 nitrogen and oxygen atoms in total. The molecular formula is C23H19N5O. The van der Waals surface area contributed by atoms with Crippen LogP contribution in [0.3, 0.4) is 0 Å². The van der Waals surface area contributed by atoms with Gasteiger partial charge in [0.25, 0.3) is 0 Å². The van der Waals surface area contributed by atoms with E-state index in [-0.39, 0.29) is 6.61 Å². The molecule has 3 N–H and O–H groups in total. The molecule has 0 saturated carbocycles. The first-order chi connectivity index (χ1) is 14.2. The van der Waals surface area contributed by atoms with Gasteiger partial charge in [-0.3, -0.25) is 9.97 Å². The third kappa shape index (κ3) is 3.72. The van der Waals surface area contributed by atoms with E-state index in [1.165, 1.54) is 0 Å². The Morgan fingerprint density at radius 2 is 2.03 bits per heavy atom. The summed E-state index contributed by atoms with van der Waals surface area (Å²) in [5.74, 6) is 0. The van der Waals surface area contributed by atoms with Crippen molar-refractivity contribution in [1.82, 2.24) is 15.0 Å². The fourth-order valence-electron chi connectivity index (χ4n) is 3.18. The van der Waals surface area contributed by atoms with Crippen LogP contribution in [0.15, 0.2) is 55.1 Å². The van der Waals surface area contributed by atoms with Crippen molar-refractivity contribution in [1.29, 1.82) is 5.26 Å². The summed E-state index contributed by atoms with van der Waals surface area (Å²) in [6.07, 6.45) is 10.5. The van der Waals surface area contributed by atoms with E-state index < -0.39 is 0 Å². The molecule has 0 radical (unpaired) electrons. The third-order valence-corrected chi connectivity index (χ3v) is 4.82. The van der Waals surface area contributed by atoms with E-state index >= 15 is 0 Å². The summed E-state index contributed by atoms with van der Waals surface area (Å²) >= 11 is 0. The van der Waals surface area contributed by atoms with E-state index in [9.17, 15) is 5.26 Å². The molecule has 0 spiro atoms. The van der Waals surface area contributed by atoms with Gasteiger partial charge in [0.2, 0.25) is 0 Å². The second-order valence-electron chi connectivity index (χ2n) is 6.65. The number of anilines is 2. The number of pyridine rings is 2. The van der Waals surface area contributed by atoms with E-state index in [1.807, 2.05) is 55.6 Å². The zero-order chi connectivity index (χ0) is 20.2. The van der Waals surface area contributed by atoms with Crippen molar-refractivity contribution >= 4 is 34.4 Å². The Balaban J connectivity index is 1.71. The smallest absolute Gasteiger partial charge is 0.103 e. The van der Waals surface area contributed by atoms with E-state index in [1.54, 1.807) is 18.6 Å². The van der Waals surface area contributed by atoms with Gasteiger partial charge < -0.3 is 15.4 Å². The van der Waals surface area contributed by atoms with Gasteiger partial charge in [-0.1, -0.05) is 6.07 Å². The molecule has 0 aliphatic carbocycles. The molecule has 0 aliphatic heterocycles. The number of hydrogen-bond acceptors (Lipinski definition) is 5. The summed E-state index contributed by atoms with van der Waals surface area (Å²) in [7, 11) is 0. The molecule has 0 unspecified atom stereocenters. The highest BCUT2D eigenvalue weighted by molar-refractivity contribution is 5.90. The minimum Gasteiger partial charge on any atom is -0.392 e. The van der Waals surface area contributed by atoms with Crippen molar-refractivity contribution in [2.24, 2.45) is 0 Å². The average Bonchev–Trinajstić information content (AvgIpc) is 3.25. The zero-order valence-electron chi connectivity index (χ0n) is 15.8. The third-order valence-electron chi connectivity index (χ3n) is 4.82. The van der Waals surface area contributed by atoms with Gasteiger partial charge in [-0.05, 0) is 54.5 Å². The number of aliphatic hydroxyl groups excluding tert-OH is 1. The lowest BCUT2D eigenvalue weighted by Gasteiger charge is -2.14. The molecule has 3 heterocycles. The van der Waals surface area contributed by atoms with Crippen LogP contribution in [0, 0.1) is 18.3 Å². The maximum atomic E-state index is 9.58. The molecular weight excluding hydrogens is 362 g/mol. The highest BCUT2D eigenvalue weighted by Gasteiger charge is 2.11. The van der Waals surface area contributed by atoms with Crippen molar-refractivity contribution in [2.45, 2.75) is 13.5 Å². The second kappa shape index (κ2) is 7.97. The summed E-state index contributed by atoms with van der Waals surface area (Å²) < 4.78 is 0. The number of aliphatic hydroxyl groups is 1. The van der Waals surface area contributed by atoms with Crippen LogP contribution in [0.4, 0.5) is 11.4 Å². The highest BCUT2D eigenvalue weighted by Crippen LogP contribution is 2.31. The van der Waals surface area contributed by atoms with Gasteiger partial charge in [0.1, 0.15) is 6.07 Å². The number of aryl methyl sites for hydroxylation is 1. The first-order valence-corrected chi connectivity index (χ1v) is 9.15. The summed E-state index contributed by atoms with van der Waals surface area (Å²) in [6, 6.07) is 11.9. The lowest BCUT2D eigenvalue weighted by Crippen LogP contribution is -1.99. The number of nitrogens with one attached hydrogen (secondary N) is 2. The van der Waals surface area contributed by atoms with Crippen molar-refractivity contribution < 1.29 is 5.11 Å². The quantitative estimate of drug-likeness (QED) is 0.471. The van der Waals surface area contributed by atoms with Crippen molar-refractivity contribution in [2.75, 3.05) is 5.32 Å². The van der Waals surface area contributed by atoms with Crippen LogP contribution in [0.2, 0.25) is 0 Å². The van der Waals surface area contributed by atoms with Crippen LogP contribution >= 0.6 is 0 Å². The molecule has 0 bridgehead atoms. The van der Waals surface area contributed by atoms with Gasteiger partial charge in [-0.25, -0.2) is 0 Å². The lowest BCUT2D eigenvalue weighted by molar-refractivity contribution is 0.281. The molecule has 1 aromatic carbocycles. The SMILES string of the molecule is Cc1c(Nc2c(C#N)cncc2C=Cc2ccc(CO)cn2)ccc2[nH]ccc12. The Bertz CT molecular complexity index is 1230. The molecule has 0 aliphatic rings. The van der Waals surface area contributed by atoms with Crippen molar-refractivity contribution in [3.63, 3.8) is 0 Å². The second-order valence-corrected chi connectivity index (χ2v) is 6.65. The fourth-order valence-corrected chi connectivity index (χ4v) is 3.18. The maximum absolute atomic E-state index is 9.58. The number of H-pyrrole nitrogens is 1. The number of nitriles is 1. The van der Waals surface area contributed by atoms with Gasteiger partial charge in [0.15, 0.2) is 0 Å². The average molecular weight is 381 g/mol. The molecule has 0 fully saturated rings. The predicted molar refractivity (Wildman–Crippen MR) is 114 cm³/mol. The summed E-state index contributed by atoms with van der Waals surface area (Å²) in [4.78, 5) is 11.7. The number of aromatic nitrogens is 3. The van der Waals surface area contributed by atoms with Gasteiger partial charge >= 0.3 is 0 Å². The number of fused-ring (bicyclic) bond motifs is 1. The minimum atomic E-state index is -0.0377. The van der Waals surface area contributed by atoms with Gasteiger partial charge in [-0.15, -0.1) is 0 Å². The Hall–Kier alpha value is -3.95. The summed E-state index contributed by atoms with van der Waals surface area (Å²) in [6.45, 7) is 2.01. The molecule has 4 rings (SSSR count). The summed E-state index contributed by atoms with van der Waals surface area (Å²) in [5.41, 5.74) is 6.55. The van der Waals surface area contributed by atoms with Gasteiger partial charge in [0, 0.05) is 46.9 Å². The highest BCUT2D eigenvalue weighted by atomic mass is 16.3. The van der Waals surface area contributed by atoms with Crippen molar-refractivity contribution in [3.8, 4) is 6.07 Å². The Kier molecular flexibility index (Phi) is 5.06. The van der Waals surface area contributed by atoms with Gasteiger partial charge in [-0.2, -0.15) is 5.26 Å². The first-order valence-electron chi connectivity index (χ1n) is 9.15. The molecule has 6 heteroatoms. The number of hydrogen-bond donors (Lipinski definition) is 3. The molecule has 0 amide bonds. The van der Waals surface area contributed by atoms with E-state index in [0.717, 1.165) is 39.0 Å². The molecule has 29 heavy (non-hydrogen) atoms. The Morgan fingerprint density at radius 1 is 1.14 bits per heavy atom. The fraction of sp³-hybridized carbons (Fsp3) is 0.0870. The standard InChI is InChI=1S/C23H19N5O/c1-15-20-8-9-26-22(20)7-6-21(15)28-23-17(12-25-13-18(23)10-24)3-5-19-4-2-16(14-29)11-27-19/h2-9,11-13,26,29H,14H2,1H3,(H,25,28). The Morgan fingerprint density at radius 3 is 2.79 bits per heavy atom. The maximum Gasteiger partial charge on any atom is 0.103 e. The Labute approximate surface area is 168 Å². The number of rotatable bonds is 5. The van der Waals surface area contributed by atoms with Crippen LogP contribution < -0.4 is 5.32 Å². The van der Waals surface area contributed by atoms with Crippen LogP contribution in [-0.4, -0.2) is 20.1 Å². The number of benzene rings is 1. The summed E-state index contributed by atoms with van der Waals surface area (Å²) in [5, 5.41) is 23.3.